The van der Waals surface area contributed by atoms with Gasteiger partial charge in [-0.1, -0.05) is 42.3 Å². The van der Waals surface area contributed by atoms with Crippen molar-refractivity contribution in [3.05, 3.63) is 87.7 Å². The van der Waals surface area contributed by atoms with Crippen LogP contribution in [0.25, 0.3) is 0 Å². The lowest BCUT2D eigenvalue weighted by atomic mass is 10.1. The van der Waals surface area contributed by atoms with Gasteiger partial charge in [0.05, 0.1) is 10.0 Å². The Labute approximate surface area is 234 Å². The Morgan fingerprint density at radius 1 is 0.974 bits per heavy atom. The molecule has 0 aliphatic carbocycles. The van der Waals surface area contributed by atoms with Gasteiger partial charge in [-0.3, -0.25) is 4.79 Å². The van der Waals surface area contributed by atoms with Crippen LogP contribution in [-0.2, 0) is 16.7 Å². The maximum atomic E-state index is 13.9. The summed E-state index contributed by atoms with van der Waals surface area (Å²) in [4.78, 5) is 16.9. The van der Waals surface area contributed by atoms with Gasteiger partial charge in [-0.25, -0.2) is 4.39 Å². The Hall–Kier alpha value is -2.81. The van der Waals surface area contributed by atoms with E-state index in [9.17, 15) is 17.6 Å². The molecule has 0 aliphatic heterocycles. The molecule has 0 aliphatic rings. The fourth-order valence-corrected chi connectivity index (χ4v) is 5.30. The molecule has 0 radical (unpaired) electrons. The number of hydrogen-bond donors (Lipinski definition) is 0. The minimum Gasteiger partial charge on any atom is -0.379 e. The Morgan fingerprint density at radius 2 is 1.68 bits per heavy atom. The number of hydrogen-bond acceptors (Lipinski definition) is 5. The summed E-state index contributed by atoms with van der Waals surface area (Å²) < 4.78 is 46.0. The first kappa shape index (κ1) is 29.7. The first-order valence-electron chi connectivity index (χ1n) is 12.3. The monoisotopic (exact) mass is 580 g/mol. The van der Waals surface area contributed by atoms with Crippen molar-refractivity contribution >= 4 is 44.9 Å². The molecule has 38 heavy (non-hydrogen) atoms. The molecule has 0 saturated carbocycles. The van der Waals surface area contributed by atoms with Crippen LogP contribution < -0.4 is 9.08 Å². The fraction of sp³-hybridized carbons (Fsp3) is 0.321. The number of halogens is 3. The summed E-state index contributed by atoms with van der Waals surface area (Å²) in [6.45, 7) is 9.26. The molecule has 0 bridgehead atoms. The van der Waals surface area contributed by atoms with Crippen molar-refractivity contribution in [1.82, 2.24) is 4.90 Å². The van der Waals surface area contributed by atoms with E-state index in [1.54, 1.807) is 23.1 Å². The smallest absolute Gasteiger partial charge is 0.339 e. The minimum atomic E-state index is -4.29. The number of anilines is 1. The summed E-state index contributed by atoms with van der Waals surface area (Å²) in [6.07, 6.45) is 0.635. The molecule has 0 aromatic heterocycles. The topological polar surface area (TPSA) is 66.9 Å². The number of benzene rings is 3. The lowest BCUT2D eigenvalue weighted by molar-refractivity contribution is 0.0670. The van der Waals surface area contributed by atoms with Crippen molar-refractivity contribution in [3.63, 3.8) is 0 Å². The van der Waals surface area contributed by atoms with Crippen molar-refractivity contribution in [2.45, 2.75) is 51.6 Å². The van der Waals surface area contributed by atoms with Gasteiger partial charge in [-0.2, -0.15) is 8.42 Å². The first-order valence-corrected chi connectivity index (χ1v) is 14.5. The van der Waals surface area contributed by atoms with Crippen LogP contribution in [0, 0.1) is 5.82 Å². The second-order valence-corrected chi connectivity index (χ2v) is 11.1. The van der Waals surface area contributed by atoms with E-state index in [0.29, 0.717) is 25.1 Å². The zero-order valence-electron chi connectivity index (χ0n) is 21.7. The number of carbonyl (C=O) groups excluding carboxylic acids is 1. The molecular formula is C28H31Cl2FN2O4S. The highest BCUT2D eigenvalue weighted by Crippen LogP contribution is 2.32. The molecule has 1 unspecified atom stereocenters. The van der Waals surface area contributed by atoms with E-state index < -0.39 is 15.9 Å². The molecule has 0 saturated heterocycles. The predicted molar refractivity (Wildman–Crippen MR) is 150 cm³/mol. The maximum absolute atomic E-state index is 13.9. The molecule has 204 valence electrons. The van der Waals surface area contributed by atoms with E-state index in [1.165, 1.54) is 36.4 Å². The van der Waals surface area contributed by atoms with Crippen LogP contribution in [0.4, 0.5) is 10.1 Å². The van der Waals surface area contributed by atoms with Crippen LogP contribution >= 0.6 is 23.2 Å². The van der Waals surface area contributed by atoms with Crippen LogP contribution in [0.5, 0.6) is 5.75 Å². The van der Waals surface area contributed by atoms with E-state index in [-0.39, 0.29) is 44.7 Å². The van der Waals surface area contributed by atoms with Crippen LogP contribution in [0.3, 0.4) is 0 Å². The van der Waals surface area contributed by atoms with Crippen molar-refractivity contribution in [2.75, 3.05) is 18.0 Å². The van der Waals surface area contributed by atoms with Gasteiger partial charge in [0.25, 0.3) is 5.91 Å². The van der Waals surface area contributed by atoms with E-state index in [0.717, 1.165) is 5.69 Å². The molecule has 1 atom stereocenters. The fourth-order valence-electron chi connectivity index (χ4n) is 3.95. The molecular weight excluding hydrogens is 550 g/mol. The van der Waals surface area contributed by atoms with Crippen molar-refractivity contribution in [1.29, 1.82) is 0 Å². The van der Waals surface area contributed by atoms with Gasteiger partial charge < -0.3 is 14.0 Å². The Bertz CT molecular complexity index is 1400. The van der Waals surface area contributed by atoms with Crippen LogP contribution in [0.2, 0.25) is 10.0 Å². The second-order valence-electron chi connectivity index (χ2n) is 8.78. The van der Waals surface area contributed by atoms with Gasteiger partial charge in [-0.15, -0.1) is 0 Å². The molecule has 3 aromatic rings. The van der Waals surface area contributed by atoms with Gasteiger partial charge in [0.1, 0.15) is 16.5 Å². The zero-order chi connectivity index (χ0) is 28.0. The first-order chi connectivity index (χ1) is 18.0. The zero-order valence-corrected chi connectivity index (χ0v) is 24.1. The van der Waals surface area contributed by atoms with Crippen LogP contribution in [0.15, 0.2) is 65.6 Å². The molecule has 3 rings (SSSR count). The number of carbonyl (C=O) groups is 1. The molecule has 0 fully saturated rings. The molecule has 0 spiro atoms. The van der Waals surface area contributed by atoms with Crippen molar-refractivity contribution < 1.29 is 21.8 Å². The number of rotatable bonds is 11. The van der Waals surface area contributed by atoms with E-state index in [4.69, 9.17) is 27.4 Å². The lowest BCUT2D eigenvalue weighted by Gasteiger charge is -2.30. The van der Waals surface area contributed by atoms with Gasteiger partial charge in [0.2, 0.25) is 0 Å². The van der Waals surface area contributed by atoms with Crippen molar-refractivity contribution in [3.8, 4) is 5.75 Å². The molecule has 3 aromatic carbocycles. The van der Waals surface area contributed by atoms with Crippen LogP contribution in [-0.4, -0.2) is 38.4 Å². The van der Waals surface area contributed by atoms with E-state index in [2.05, 4.69) is 0 Å². The molecule has 0 N–H and O–H groups in total. The molecule has 0 heterocycles. The minimum absolute atomic E-state index is 0.0507. The second kappa shape index (κ2) is 12.8. The summed E-state index contributed by atoms with van der Waals surface area (Å²) in [6, 6.07) is 14.5. The Morgan fingerprint density at radius 3 is 2.29 bits per heavy atom. The van der Waals surface area contributed by atoms with Crippen LogP contribution in [0.1, 0.15) is 50.0 Å². The number of amides is 1. The average molecular weight is 582 g/mol. The Kier molecular flexibility index (Phi) is 10.0. The van der Waals surface area contributed by atoms with Crippen molar-refractivity contribution in [2.24, 2.45) is 0 Å². The summed E-state index contributed by atoms with van der Waals surface area (Å²) in [5.41, 5.74) is 1.45. The third kappa shape index (κ3) is 6.98. The summed E-state index contributed by atoms with van der Waals surface area (Å²) in [5.74, 6) is -0.800. The molecule has 1 amide bonds. The third-order valence-electron chi connectivity index (χ3n) is 6.35. The summed E-state index contributed by atoms with van der Waals surface area (Å²) in [5, 5.41) is 0.298. The highest BCUT2D eigenvalue weighted by atomic mass is 35.5. The largest absolute Gasteiger partial charge is 0.379 e. The van der Waals surface area contributed by atoms with Gasteiger partial charge >= 0.3 is 10.1 Å². The summed E-state index contributed by atoms with van der Waals surface area (Å²) >= 11 is 12.0. The van der Waals surface area contributed by atoms with Gasteiger partial charge in [0, 0.05) is 48.6 Å². The average Bonchev–Trinajstić information content (AvgIpc) is 2.89. The molecule has 6 nitrogen and oxygen atoms in total. The SMILES string of the molecule is CCC(C)N(Cc1ccc(N(CC)CC)cc1OS(=O)(=O)c1ccc(Cl)c(Cl)c1)C(=O)c1cccc(F)c1. The quantitative estimate of drug-likeness (QED) is 0.224. The summed E-state index contributed by atoms with van der Waals surface area (Å²) in [7, 11) is -4.29. The van der Waals surface area contributed by atoms with E-state index in [1.807, 2.05) is 38.7 Å². The standard InChI is InChI=1S/C28H31Cl2FN2O4S/c1-5-19(4)33(28(34)20-9-8-10-22(31)15-20)18-21-11-12-23(32(6-2)7-3)16-27(21)37-38(35,36)24-13-14-25(29)26(30)17-24/h8-17,19H,5-7,18H2,1-4H3. The van der Waals surface area contributed by atoms with Gasteiger partial charge in [0.15, 0.2) is 0 Å². The van der Waals surface area contributed by atoms with Gasteiger partial charge in [-0.05, 0) is 69.7 Å². The maximum Gasteiger partial charge on any atom is 0.339 e. The third-order valence-corrected chi connectivity index (χ3v) is 8.32. The van der Waals surface area contributed by atoms with E-state index >= 15 is 0 Å². The highest BCUT2D eigenvalue weighted by Gasteiger charge is 2.26. The molecule has 10 heteroatoms. The highest BCUT2D eigenvalue weighted by molar-refractivity contribution is 7.87. The lowest BCUT2D eigenvalue weighted by Crippen LogP contribution is -2.38. The predicted octanol–water partition coefficient (Wildman–Crippen LogP) is 7.19. The Balaban J connectivity index is 2.07. The number of nitrogens with zero attached hydrogens (tertiary/aromatic N) is 2. The normalized spacial score (nSPS) is 12.2.